The molecule has 1 aliphatic carbocycles. The standard InChI is InChI=1S/C15H29N3S/c1-4-15(2)9-12-19-14(17-15)16-10-11-18(3)13-7-5-6-8-13/h13H,4-12H2,1-3H3,(H,16,17). The van der Waals surface area contributed by atoms with Crippen LogP contribution in [0, 0.1) is 0 Å². The van der Waals surface area contributed by atoms with Gasteiger partial charge in [-0.3, -0.25) is 4.99 Å². The maximum atomic E-state index is 4.76. The van der Waals surface area contributed by atoms with E-state index in [4.69, 9.17) is 4.99 Å². The number of nitrogens with one attached hydrogen (secondary N) is 1. The topological polar surface area (TPSA) is 27.6 Å². The van der Waals surface area contributed by atoms with E-state index < -0.39 is 0 Å². The smallest absolute Gasteiger partial charge is 0.157 e. The number of rotatable bonds is 5. The van der Waals surface area contributed by atoms with Crippen molar-refractivity contribution >= 4 is 16.9 Å². The monoisotopic (exact) mass is 283 g/mol. The minimum atomic E-state index is 0.265. The Balaban J connectivity index is 1.75. The summed E-state index contributed by atoms with van der Waals surface area (Å²) in [5.74, 6) is 1.20. The van der Waals surface area contributed by atoms with E-state index in [1.54, 1.807) is 0 Å². The van der Waals surface area contributed by atoms with Gasteiger partial charge in [-0.15, -0.1) is 0 Å². The third-order valence-electron chi connectivity index (χ3n) is 4.74. The molecule has 1 aliphatic heterocycles. The Morgan fingerprint density at radius 3 is 2.84 bits per heavy atom. The van der Waals surface area contributed by atoms with Gasteiger partial charge in [0.25, 0.3) is 0 Å². The van der Waals surface area contributed by atoms with Crippen LogP contribution in [0.5, 0.6) is 0 Å². The van der Waals surface area contributed by atoms with Gasteiger partial charge in [-0.25, -0.2) is 0 Å². The molecule has 0 aromatic heterocycles. The van der Waals surface area contributed by atoms with Crippen LogP contribution in [-0.4, -0.2) is 47.5 Å². The van der Waals surface area contributed by atoms with Crippen molar-refractivity contribution in [2.45, 2.75) is 64.0 Å². The summed E-state index contributed by atoms with van der Waals surface area (Å²) in [5, 5.41) is 4.78. The van der Waals surface area contributed by atoms with Gasteiger partial charge in [0.1, 0.15) is 0 Å². The summed E-state index contributed by atoms with van der Waals surface area (Å²) >= 11 is 1.89. The zero-order valence-corrected chi connectivity index (χ0v) is 13.6. The van der Waals surface area contributed by atoms with Gasteiger partial charge in [-0.2, -0.15) is 0 Å². The lowest BCUT2D eigenvalue weighted by Crippen LogP contribution is -2.48. The highest BCUT2D eigenvalue weighted by Gasteiger charge is 2.27. The van der Waals surface area contributed by atoms with Gasteiger partial charge in [-0.1, -0.05) is 31.5 Å². The molecule has 1 heterocycles. The van der Waals surface area contributed by atoms with Crippen LogP contribution in [0.1, 0.15) is 52.4 Å². The Hall–Kier alpha value is -0.220. The minimum absolute atomic E-state index is 0.265. The fraction of sp³-hybridized carbons (Fsp3) is 0.933. The average Bonchev–Trinajstić information content (AvgIpc) is 2.93. The maximum Gasteiger partial charge on any atom is 0.157 e. The third kappa shape index (κ3) is 4.38. The molecule has 0 aromatic rings. The molecule has 2 rings (SSSR count). The van der Waals surface area contributed by atoms with Crippen LogP contribution in [0.3, 0.4) is 0 Å². The van der Waals surface area contributed by atoms with Crippen molar-refractivity contribution < 1.29 is 0 Å². The summed E-state index contributed by atoms with van der Waals surface area (Å²) in [5.41, 5.74) is 0.265. The number of nitrogens with zero attached hydrogens (tertiary/aromatic N) is 2. The van der Waals surface area contributed by atoms with E-state index in [2.05, 4.69) is 31.1 Å². The van der Waals surface area contributed by atoms with Gasteiger partial charge in [0, 0.05) is 23.9 Å². The number of hydrogen-bond acceptors (Lipinski definition) is 3. The van der Waals surface area contributed by atoms with E-state index in [0.717, 1.165) is 24.3 Å². The summed E-state index contributed by atoms with van der Waals surface area (Å²) in [6.07, 6.45) is 8.01. The Morgan fingerprint density at radius 1 is 1.42 bits per heavy atom. The van der Waals surface area contributed by atoms with Gasteiger partial charge in [0.15, 0.2) is 5.17 Å². The molecule has 110 valence electrons. The van der Waals surface area contributed by atoms with E-state index in [0.29, 0.717) is 0 Å². The van der Waals surface area contributed by atoms with Crippen LogP contribution in [0.25, 0.3) is 0 Å². The van der Waals surface area contributed by atoms with Crippen molar-refractivity contribution in [3.8, 4) is 0 Å². The molecule has 2 aliphatic rings. The lowest BCUT2D eigenvalue weighted by atomic mass is 9.96. The van der Waals surface area contributed by atoms with E-state index in [9.17, 15) is 0 Å². The predicted octanol–water partition coefficient (Wildman–Crippen LogP) is 3.11. The first-order chi connectivity index (χ1) is 9.13. The van der Waals surface area contributed by atoms with E-state index >= 15 is 0 Å². The zero-order valence-electron chi connectivity index (χ0n) is 12.7. The fourth-order valence-corrected chi connectivity index (χ4v) is 4.16. The highest BCUT2D eigenvalue weighted by molar-refractivity contribution is 8.13. The molecule has 4 heteroatoms. The summed E-state index contributed by atoms with van der Waals surface area (Å²) in [4.78, 5) is 7.27. The molecular weight excluding hydrogens is 254 g/mol. The predicted molar refractivity (Wildman–Crippen MR) is 86.1 cm³/mol. The van der Waals surface area contributed by atoms with Crippen LogP contribution in [0.15, 0.2) is 4.99 Å². The Bertz CT molecular complexity index is 313. The molecule has 0 spiro atoms. The molecule has 1 saturated heterocycles. The summed E-state index contributed by atoms with van der Waals surface area (Å²) in [6.45, 7) is 6.60. The molecular formula is C15H29N3S. The van der Waals surface area contributed by atoms with Crippen LogP contribution in [-0.2, 0) is 0 Å². The second-order valence-corrected chi connectivity index (χ2v) is 7.33. The molecule has 0 bridgehead atoms. The van der Waals surface area contributed by atoms with Crippen molar-refractivity contribution in [3.63, 3.8) is 0 Å². The van der Waals surface area contributed by atoms with Crippen LogP contribution >= 0.6 is 11.8 Å². The number of amidine groups is 1. The van der Waals surface area contributed by atoms with Gasteiger partial charge >= 0.3 is 0 Å². The van der Waals surface area contributed by atoms with Crippen molar-refractivity contribution in [3.05, 3.63) is 0 Å². The van der Waals surface area contributed by atoms with Gasteiger partial charge in [-0.05, 0) is 39.7 Å². The first-order valence-corrected chi connectivity index (χ1v) is 8.77. The molecule has 1 atom stereocenters. The SMILES string of the molecule is CCC1(C)CCSC(=NCCN(C)C2CCCC2)N1. The highest BCUT2D eigenvalue weighted by atomic mass is 32.2. The Labute approximate surface area is 122 Å². The summed E-state index contributed by atoms with van der Waals surface area (Å²) < 4.78 is 0. The molecule has 1 unspecified atom stereocenters. The normalized spacial score (nSPS) is 31.1. The summed E-state index contributed by atoms with van der Waals surface area (Å²) in [7, 11) is 2.26. The largest absolute Gasteiger partial charge is 0.360 e. The maximum absolute atomic E-state index is 4.76. The van der Waals surface area contributed by atoms with E-state index in [1.165, 1.54) is 44.3 Å². The zero-order chi connectivity index (χ0) is 13.7. The number of thioether (sulfide) groups is 1. The number of aliphatic imine (C=N–C) groups is 1. The second-order valence-electron chi connectivity index (χ2n) is 6.24. The molecule has 3 nitrogen and oxygen atoms in total. The van der Waals surface area contributed by atoms with Crippen molar-refractivity contribution in [1.82, 2.24) is 10.2 Å². The molecule has 0 amide bonds. The van der Waals surface area contributed by atoms with E-state index in [-0.39, 0.29) is 5.54 Å². The van der Waals surface area contributed by atoms with Crippen LogP contribution < -0.4 is 5.32 Å². The van der Waals surface area contributed by atoms with Crippen molar-refractivity contribution in [2.75, 3.05) is 25.9 Å². The molecule has 1 N–H and O–H groups in total. The molecule has 0 aromatic carbocycles. The molecule has 1 saturated carbocycles. The highest BCUT2D eigenvalue weighted by Crippen LogP contribution is 2.25. The molecule has 0 radical (unpaired) electrons. The lowest BCUT2D eigenvalue weighted by Gasteiger charge is -2.35. The fourth-order valence-electron chi connectivity index (χ4n) is 2.92. The average molecular weight is 283 g/mol. The lowest BCUT2D eigenvalue weighted by molar-refractivity contribution is 0.252. The van der Waals surface area contributed by atoms with Crippen molar-refractivity contribution in [1.29, 1.82) is 0 Å². The first kappa shape index (κ1) is 15.2. The third-order valence-corrected chi connectivity index (χ3v) is 5.65. The molecule has 19 heavy (non-hydrogen) atoms. The van der Waals surface area contributed by atoms with Gasteiger partial charge < -0.3 is 10.2 Å². The first-order valence-electron chi connectivity index (χ1n) is 7.78. The van der Waals surface area contributed by atoms with Gasteiger partial charge in [0.2, 0.25) is 0 Å². The van der Waals surface area contributed by atoms with Crippen LogP contribution in [0.2, 0.25) is 0 Å². The molecule has 2 fully saturated rings. The van der Waals surface area contributed by atoms with Gasteiger partial charge in [0.05, 0.1) is 6.54 Å². The summed E-state index contributed by atoms with van der Waals surface area (Å²) in [6, 6.07) is 0.813. The number of hydrogen-bond donors (Lipinski definition) is 1. The number of likely N-dealkylation sites (N-methyl/N-ethyl adjacent to an activating group) is 1. The van der Waals surface area contributed by atoms with Crippen molar-refractivity contribution in [2.24, 2.45) is 4.99 Å². The van der Waals surface area contributed by atoms with Crippen LogP contribution in [0.4, 0.5) is 0 Å². The Kier molecular flexibility index (Phi) is 5.58. The quantitative estimate of drug-likeness (QED) is 0.840. The van der Waals surface area contributed by atoms with E-state index in [1.807, 2.05) is 11.8 Å². The Morgan fingerprint density at radius 2 is 2.16 bits per heavy atom. The minimum Gasteiger partial charge on any atom is -0.360 e. The second kappa shape index (κ2) is 6.98.